The normalized spacial score (nSPS) is 14.9. The first-order chi connectivity index (χ1) is 8.99. The third kappa shape index (κ3) is 4.21. The predicted molar refractivity (Wildman–Crippen MR) is 77.1 cm³/mol. The number of ether oxygens (including phenoxy) is 1. The quantitative estimate of drug-likeness (QED) is 0.857. The van der Waals surface area contributed by atoms with Gasteiger partial charge in [-0.25, -0.2) is 0 Å². The van der Waals surface area contributed by atoms with Gasteiger partial charge in [-0.1, -0.05) is 32.1 Å². The molecule has 0 amide bonds. The van der Waals surface area contributed by atoms with Gasteiger partial charge in [-0.05, 0) is 30.2 Å². The van der Waals surface area contributed by atoms with Crippen molar-refractivity contribution >= 4 is 11.9 Å². The number of carbonyl (C=O) groups is 1. The Morgan fingerprint density at radius 3 is 2.42 bits per heavy atom. The van der Waals surface area contributed by atoms with Crippen LogP contribution in [0.5, 0.6) is 5.75 Å². The van der Waals surface area contributed by atoms with Crippen LogP contribution in [0, 0.1) is 5.92 Å². The predicted octanol–water partition coefficient (Wildman–Crippen LogP) is 3.07. The van der Waals surface area contributed by atoms with E-state index in [2.05, 4.69) is 0 Å². The number of methoxy groups -OCH3 is 1. The molecule has 1 N–H and O–H groups in total. The summed E-state index contributed by atoms with van der Waals surface area (Å²) in [6, 6.07) is 7.57. The molecule has 0 spiro atoms. The summed E-state index contributed by atoms with van der Waals surface area (Å²) < 4.78 is 5.09. The fraction of sp³-hybridized carbons (Fsp3) is 0.438. The molecule has 0 saturated carbocycles. The molecular formula is C16H22O3. The molecule has 19 heavy (non-hydrogen) atoms. The lowest BCUT2D eigenvalue weighted by atomic mass is 9.92. The van der Waals surface area contributed by atoms with Crippen LogP contribution in [-0.2, 0) is 4.79 Å². The molecule has 0 saturated heterocycles. The molecule has 0 heterocycles. The molecule has 0 bridgehead atoms. The minimum atomic E-state index is -0.727. The monoisotopic (exact) mass is 262 g/mol. The van der Waals surface area contributed by atoms with Gasteiger partial charge >= 0.3 is 0 Å². The number of rotatable bonds is 6. The standard InChI is InChI=1S/C16H22O3/c1-5-15(17)12(3)16(18)11(2)10-13-6-8-14(19-4)9-7-13/h6-10,12,16,18H,5H2,1-4H3/b11-10+/t12-,16-/m0/s1. The lowest BCUT2D eigenvalue weighted by molar-refractivity contribution is -0.124. The maximum absolute atomic E-state index is 11.6. The van der Waals surface area contributed by atoms with Gasteiger partial charge in [-0.2, -0.15) is 0 Å². The molecule has 3 nitrogen and oxygen atoms in total. The second-order valence-electron chi connectivity index (χ2n) is 4.71. The van der Waals surface area contributed by atoms with Crippen molar-refractivity contribution in [1.82, 2.24) is 0 Å². The van der Waals surface area contributed by atoms with Crippen molar-refractivity contribution in [3.05, 3.63) is 35.4 Å². The van der Waals surface area contributed by atoms with E-state index in [1.807, 2.05) is 44.2 Å². The Morgan fingerprint density at radius 1 is 1.37 bits per heavy atom. The number of ketones is 1. The van der Waals surface area contributed by atoms with Gasteiger partial charge in [0.25, 0.3) is 0 Å². The molecule has 0 aliphatic rings. The van der Waals surface area contributed by atoms with Crippen LogP contribution in [0.15, 0.2) is 29.8 Å². The molecule has 2 atom stereocenters. The maximum atomic E-state index is 11.6. The number of aliphatic hydroxyl groups excluding tert-OH is 1. The second kappa shape index (κ2) is 7.10. The zero-order valence-electron chi connectivity index (χ0n) is 12.0. The molecule has 1 rings (SSSR count). The summed E-state index contributed by atoms with van der Waals surface area (Å²) in [5.74, 6) is 0.513. The summed E-state index contributed by atoms with van der Waals surface area (Å²) in [4.78, 5) is 11.6. The SMILES string of the molecule is CCC(=O)[C@H](C)[C@@H](O)/C(C)=C/c1ccc(OC)cc1. The number of hydrogen-bond acceptors (Lipinski definition) is 3. The fourth-order valence-corrected chi connectivity index (χ4v) is 1.94. The molecule has 0 unspecified atom stereocenters. The maximum Gasteiger partial charge on any atom is 0.138 e. The number of aliphatic hydroxyl groups is 1. The van der Waals surface area contributed by atoms with E-state index in [4.69, 9.17) is 4.74 Å². The van der Waals surface area contributed by atoms with Crippen LogP contribution < -0.4 is 4.74 Å². The van der Waals surface area contributed by atoms with E-state index in [1.54, 1.807) is 14.0 Å². The van der Waals surface area contributed by atoms with E-state index in [0.717, 1.165) is 16.9 Å². The minimum absolute atomic E-state index is 0.0787. The van der Waals surface area contributed by atoms with Crippen LogP contribution in [0.25, 0.3) is 6.08 Å². The van der Waals surface area contributed by atoms with Crippen LogP contribution in [0.4, 0.5) is 0 Å². The van der Waals surface area contributed by atoms with Gasteiger partial charge in [0.05, 0.1) is 13.2 Å². The number of benzene rings is 1. The molecule has 0 aliphatic carbocycles. The molecule has 104 valence electrons. The van der Waals surface area contributed by atoms with Crippen molar-refractivity contribution in [2.24, 2.45) is 5.92 Å². The zero-order valence-corrected chi connectivity index (χ0v) is 12.0. The minimum Gasteiger partial charge on any atom is -0.497 e. The summed E-state index contributed by atoms with van der Waals surface area (Å²) in [6.07, 6.45) is 1.62. The molecule has 0 fully saturated rings. The molecule has 0 aromatic heterocycles. The second-order valence-corrected chi connectivity index (χ2v) is 4.71. The average Bonchev–Trinajstić information content (AvgIpc) is 2.45. The molecule has 1 aromatic rings. The van der Waals surface area contributed by atoms with Crippen molar-refractivity contribution in [3.63, 3.8) is 0 Å². The van der Waals surface area contributed by atoms with Crippen molar-refractivity contribution < 1.29 is 14.6 Å². The first kappa shape index (κ1) is 15.4. The molecule has 3 heteroatoms. The van der Waals surface area contributed by atoms with E-state index in [-0.39, 0.29) is 11.7 Å². The Morgan fingerprint density at radius 2 is 1.95 bits per heavy atom. The Kier molecular flexibility index (Phi) is 5.77. The van der Waals surface area contributed by atoms with Crippen LogP contribution in [0.1, 0.15) is 32.8 Å². The third-order valence-corrected chi connectivity index (χ3v) is 3.31. The Hall–Kier alpha value is -1.61. The van der Waals surface area contributed by atoms with Crippen molar-refractivity contribution in [2.75, 3.05) is 7.11 Å². The van der Waals surface area contributed by atoms with E-state index < -0.39 is 6.10 Å². The van der Waals surface area contributed by atoms with Crippen LogP contribution in [0.2, 0.25) is 0 Å². The van der Waals surface area contributed by atoms with Gasteiger partial charge < -0.3 is 9.84 Å². The topological polar surface area (TPSA) is 46.5 Å². The van der Waals surface area contributed by atoms with E-state index in [9.17, 15) is 9.90 Å². The largest absolute Gasteiger partial charge is 0.497 e. The first-order valence-electron chi connectivity index (χ1n) is 6.52. The van der Waals surface area contributed by atoms with Gasteiger partial charge in [0.2, 0.25) is 0 Å². The van der Waals surface area contributed by atoms with Crippen molar-refractivity contribution in [1.29, 1.82) is 0 Å². The van der Waals surface area contributed by atoms with Crippen molar-refractivity contribution in [2.45, 2.75) is 33.3 Å². The van der Waals surface area contributed by atoms with Crippen LogP contribution in [0.3, 0.4) is 0 Å². The fourth-order valence-electron chi connectivity index (χ4n) is 1.94. The van der Waals surface area contributed by atoms with Gasteiger partial charge in [0, 0.05) is 12.3 Å². The van der Waals surface area contributed by atoms with Gasteiger partial charge in [-0.15, -0.1) is 0 Å². The number of carbonyl (C=O) groups excluding carboxylic acids is 1. The lowest BCUT2D eigenvalue weighted by Gasteiger charge is -2.18. The lowest BCUT2D eigenvalue weighted by Crippen LogP contribution is -2.26. The smallest absolute Gasteiger partial charge is 0.138 e. The molecular weight excluding hydrogens is 240 g/mol. The highest BCUT2D eigenvalue weighted by Gasteiger charge is 2.21. The molecule has 0 radical (unpaired) electrons. The van der Waals surface area contributed by atoms with E-state index in [0.29, 0.717) is 6.42 Å². The highest BCUT2D eigenvalue weighted by Crippen LogP contribution is 2.19. The zero-order chi connectivity index (χ0) is 14.4. The average molecular weight is 262 g/mol. The van der Waals surface area contributed by atoms with Crippen LogP contribution >= 0.6 is 0 Å². The Labute approximate surface area is 114 Å². The van der Waals surface area contributed by atoms with Gasteiger partial charge in [-0.3, -0.25) is 4.79 Å². The summed E-state index contributed by atoms with van der Waals surface area (Å²) in [6.45, 7) is 5.42. The third-order valence-electron chi connectivity index (χ3n) is 3.31. The van der Waals surface area contributed by atoms with Crippen molar-refractivity contribution in [3.8, 4) is 5.75 Å². The molecule has 0 aliphatic heterocycles. The Bertz CT molecular complexity index is 446. The highest BCUT2D eigenvalue weighted by molar-refractivity contribution is 5.81. The molecule has 1 aromatic carbocycles. The number of hydrogen-bond donors (Lipinski definition) is 1. The summed E-state index contributed by atoms with van der Waals surface area (Å²) in [5.41, 5.74) is 1.77. The summed E-state index contributed by atoms with van der Waals surface area (Å²) >= 11 is 0. The van der Waals surface area contributed by atoms with E-state index in [1.165, 1.54) is 0 Å². The Balaban J connectivity index is 2.82. The summed E-state index contributed by atoms with van der Waals surface area (Å²) in [7, 11) is 1.62. The number of Topliss-reactive ketones (excluding diaryl/α,β-unsaturated/α-hetero) is 1. The van der Waals surface area contributed by atoms with E-state index >= 15 is 0 Å². The van der Waals surface area contributed by atoms with Crippen LogP contribution in [-0.4, -0.2) is 24.1 Å². The first-order valence-corrected chi connectivity index (χ1v) is 6.52. The van der Waals surface area contributed by atoms with Gasteiger partial charge in [0.15, 0.2) is 0 Å². The van der Waals surface area contributed by atoms with Gasteiger partial charge in [0.1, 0.15) is 11.5 Å². The summed E-state index contributed by atoms with van der Waals surface area (Å²) in [5, 5.41) is 10.1. The highest BCUT2D eigenvalue weighted by atomic mass is 16.5.